The van der Waals surface area contributed by atoms with E-state index < -0.39 is 5.60 Å². The molecule has 1 saturated carbocycles. The van der Waals surface area contributed by atoms with Gasteiger partial charge in [0.15, 0.2) is 0 Å². The van der Waals surface area contributed by atoms with E-state index in [1.807, 2.05) is 6.92 Å². The molecule has 0 radical (unpaired) electrons. The molecule has 0 bridgehead atoms. The molecule has 15 heavy (non-hydrogen) atoms. The molecule has 4 nitrogen and oxygen atoms in total. The zero-order chi connectivity index (χ0) is 10.9. The Hall–Kier alpha value is -0.610. The van der Waals surface area contributed by atoms with Crippen LogP contribution in [0.4, 0.5) is 0 Å². The SMILES string of the molecule is CC1(O)CCN(CC(=O)NC2CC2)CC1. The number of carbonyl (C=O) groups is 1. The lowest BCUT2D eigenvalue weighted by Gasteiger charge is -2.35. The number of hydrogen-bond donors (Lipinski definition) is 2. The van der Waals surface area contributed by atoms with E-state index in [0.717, 1.165) is 38.8 Å². The van der Waals surface area contributed by atoms with Crippen LogP contribution < -0.4 is 5.32 Å². The summed E-state index contributed by atoms with van der Waals surface area (Å²) in [4.78, 5) is 13.6. The standard InChI is InChI=1S/C11H20N2O2/c1-11(15)4-6-13(7-5-11)8-10(14)12-9-2-3-9/h9,15H,2-8H2,1H3,(H,12,14). The van der Waals surface area contributed by atoms with E-state index in [9.17, 15) is 9.90 Å². The van der Waals surface area contributed by atoms with Gasteiger partial charge in [-0.2, -0.15) is 0 Å². The second-order valence-electron chi connectivity index (χ2n) is 5.11. The molecule has 0 atom stereocenters. The molecule has 2 rings (SSSR count). The number of hydrogen-bond acceptors (Lipinski definition) is 3. The largest absolute Gasteiger partial charge is 0.390 e. The maximum absolute atomic E-state index is 11.5. The summed E-state index contributed by atoms with van der Waals surface area (Å²) in [6.07, 6.45) is 3.81. The lowest BCUT2D eigenvalue weighted by molar-refractivity contribution is -0.123. The van der Waals surface area contributed by atoms with Crippen molar-refractivity contribution in [2.45, 2.75) is 44.2 Å². The summed E-state index contributed by atoms with van der Waals surface area (Å²) >= 11 is 0. The van der Waals surface area contributed by atoms with Gasteiger partial charge in [0.25, 0.3) is 0 Å². The van der Waals surface area contributed by atoms with Crippen LogP contribution in [0.15, 0.2) is 0 Å². The van der Waals surface area contributed by atoms with Crippen LogP contribution in [-0.2, 0) is 4.79 Å². The zero-order valence-electron chi connectivity index (χ0n) is 9.33. The highest BCUT2D eigenvalue weighted by atomic mass is 16.3. The second kappa shape index (κ2) is 4.10. The van der Waals surface area contributed by atoms with E-state index in [4.69, 9.17) is 0 Å². The molecule has 86 valence electrons. The smallest absolute Gasteiger partial charge is 0.234 e. The molecule has 1 aliphatic carbocycles. The summed E-state index contributed by atoms with van der Waals surface area (Å²) < 4.78 is 0. The van der Waals surface area contributed by atoms with E-state index in [-0.39, 0.29) is 5.91 Å². The van der Waals surface area contributed by atoms with E-state index in [0.29, 0.717) is 12.6 Å². The number of piperidine rings is 1. The quantitative estimate of drug-likeness (QED) is 0.698. The van der Waals surface area contributed by atoms with Gasteiger partial charge in [0.1, 0.15) is 0 Å². The first-order chi connectivity index (χ1) is 7.05. The van der Waals surface area contributed by atoms with Crippen molar-refractivity contribution in [2.24, 2.45) is 0 Å². The van der Waals surface area contributed by atoms with E-state index in [1.165, 1.54) is 0 Å². The fourth-order valence-electron chi connectivity index (χ4n) is 1.90. The summed E-state index contributed by atoms with van der Waals surface area (Å²) in [5, 5.41) is 12.7. The number of rotatable bonds is 3. The minimum atomic E-state index is -0.524. The van der Waals surface area contributed by atoms with Gasteiger partial charge < -0.3 is 10.4 Å². The molecule has 0 spiro atoms. The third kappa shape index (κ3) is 3.47. The second-order valence-corrected chi connectivity index (χ2v) is 5.11. The molecule has 1 aliphatic heterocycles. The van der Waals surface area contributed by atoms with Crippen LogP contribution in [0, 0.1) is 0 Å². The molecule has 2 N–H and O–H groups in total. The normalized spacial score (nSPS) is 26.3. The number of likely N-dealkylation sites (tertiary alicyclic amines) is 1. The van der Waals surface area contributed by atoms with Crippen molar-refractivity contribution in [1.29, 1.82) is 0 Å². The Kier molecular flexibility index (Phi) is 2.98. The molecular weight excluding hydrogens is 192 g/mol. The summed E-state index contributed by atoms with van der Waals surface area (Å²) in [7, 11) is 0. The van der Waals surface area contributed by atoms with Gasteiger partial charge >= 0.3 is 0 Å². The van der Waals surface area contributed by atoms with Crippen LogP contribution in [0.3, 0.4) is 0 Å². The number of carbonyl (C=O) groups excluding carboxylic acids is 1. The zero-order valence-corrected chi connectivity index (χ0v) is 9.33. The third-order valence-electron chi connectivity index (χ3n) is 3.24. The average molecular weight is 212 g/mol. The molecular formula is C11H20N2O2. The molecule has 4 heteroatoms. The summed E-state index contributed by atoms with van der Waals surface area (Å²) in [6, 6.07) is 0.449. The number of nitrogens with zero attached hydrogens (tertiary/aromatic N) is 1. The van der Waals surface area contributed by atoms with Crippen LogP contribution in [0.2, 0.25) is 0 Å². The van der Waals surface area contributed by atoms with Crippen molar-refractivity contribution in [3.05, 3.63) is 0 Å². The van der Waals surface area contributed by atoms with Crippen molar-refractivity contribution < 1.29 is 9.90 Å². The minimum Gasteiger partial charge on any atom is -0.390 e. The molecule has 0 aromatic carbocycles. The fourth-order valence-corrected chi connectivity index (χ4v) is 1.90. The maximum atomic E-state index is 11.5. The molecule has 0 aromatic heterocycles. The Morgan fingerprint density at radius 2 is 2.07 bits per heavy atom. The Morgan fingerprint density at radius 1 is 1.47 bits per heavy atom. The summed E-state index contributed by atoms with van der Waals surface area (Å²) in [6.45, 7) is 4.01. The highest BCUT2D eigenvalue weighted by Crippen LogP contribution is 2.21. The highest BCUT2D eigenvalue weighted by molar-refractivity contribution is 5.78. The van der Waals surface area contributed by atoms with Crippen LogP contribution in [0.25, 0.3) is 0 Å². The first-order valence-corrected chi connectivity index (χ1v) is 5.79. The van der Waals surface area contributed by atoms with Crippen molar-refractivity contribution in [3.63, 3.8) is 0 Å². The van der Waals surface area contributed by atoms with Gasteiger partial charge in [-0.05, 0) is 32.6 Å². The van der Waals surface area contributed by atoms with Crippen molar-refractivity contribution in [1.82, 2.24) is 10.2 Å². The number of aliphatic hydroxyl groups is 1. The van der Waals surface area contributed by atoms with Gasteiger partial charge in [-0.25, -0.2) is 0 Å². The van der Waals surface area contributed by atoms with Crippen LogP contribution in [-0.4, -0.2) is 47.2 Å². The third-order valence-corrected chi connectivity index (χ3v) is 3.24. The Morgan fingerprint density at radius 3 is 2.60 bits per heavy atom. The van der Waals surface area contributed by atoms with E-state index in [1.54, 1.807) is 0 Å². The fraction of sp³-hybridized carbons (Fsp3) is 0.909. The van der Waals surface area contributed by atoms with E-state index >= 15 is 0 Å². The van der Waals surface area contributed by atoms with Crippen LogP contribution in [0.5, 0.6) is 0 Å². The Labute approximate surface area is 90.6 Å². The molecule has 1 amide bonds. The lowest BCUT2D eigenvalue weighted by Crippen LogP contribution is -2.46. The van der Waals surface area contributed by atoms with Gasteiger partial charge in [-0.1, -0.05) is 0 Å². The molecule has 0 aromatic rings. The maximum Gasteiger partial charge on any atom is 0.234 e. The first kappa shape index (κ1) is 10.9. The summed E-state index contributed by atoms with van der Waals surface area (Å²) in [5.41, 5.74) is -0.524. The molecule has 1 heterocycles. The molecule has 0 unspecified atom stereocenters. The lowest BCUT2D eigenvalue weighted by atomic mass is 9.94. The van der Waals surface area contributed by atoms with Gasteiger partial charge in [-0.3, -0.25) is 9.69 Å². The van der Waals surface area contributed by atoms with Crippen molar-refractivity contribution >= 4 is 5.91 Å². The molecule has 2 aliphatic rings. The molecule has 1 saturated heterocycles. The highest BCUT2D eigenvalue weighted by Gasteiger charge is 2.29. The van der Waals surface area contributed by atoms with Crippen LogP contribution >= 0.6 is 0 Å². The monoisotopic (exact) mass is 212 g/mol. The number of amides is 1. The topological polar surface area (TPSA) is 52.6 Å². The van der Waals surface area contributed by atoms with Gasteiger partial charge in [0, 0.05) is 19.1 Å². The number of nitrogens with one attached hydrogen (secondary N) is 1. The van der Waals surface area contributed by atoms with E-state index in [2.05, 4.69) is 10.2 Å². The van der Waals surface area contributed by atoms with Gasteiger partial charge in [0.05, 0.1) is 12.1 Å². The predicted molar refractivity (Wildman–Crippen MR) is 57.5 cm³/mol. The predicted octanol–water partition coefficient (Wildman–Crippen LogP) is 0.112. The minimum absolute atomic E-state index is 0.138. The van der Waals surface area contributed by atoms with Crippen LogP contribution in [0.1, 0.15) is 32.6 Å². The van der Waals surface area contributed by atoms with Crippen molar-refractivity contribution in [3.8, 4) is 0 Å². The van der Waals surface area contributed by atoms with Gasteiger partial charge in [-0.15, -0.1) is 0 Å². The molecule has 2 fully saturated rings. The Bertz CT molecular complexity index is 239. The average Bonchev–Trinajstić information content (AvgIpc) is 2.92. The first-order valence-electron chi connectivity index (χ1n) is 5.79. The summed E-state index contributed by atoms with van der Waals surface area (Å²) in [5.74, 6) is 0.138. The van der Waals surface area contributed by atoms with Gasteiger partial charge in [0.2, 0.25) is 5.91 Å². The Balaban J connectivity index is 1.69. The van der Waals surface area contributed by atoms with Crippen molar-refractivity contribution in [2.75, 3.05) is 19.6 Å².